The molecule has 2 aliphatic heterocycles. The highest BCUT2D eigenvalue weighted by atomic mass is 35.5. The highest BCUT2D eigenvalue weighted by Crippen LogP contribution is 2.27. The molecule has 0 unspecified atom stereocenters. The standard InChI is InChI=1S/C35H48ClN5O4S2/c1-28-7-9-30(10-8-28)26-38-18-5-20-39(46(42,43)35-15-13-34(14-16-35)37(3)4)24-29(2)25-40(21-6-19-38)47(44,45)41-22-17-31-23-33(36)12-11-32(31)27-41/h7-16,23,29H,5-6,17-22,24-27H2,1-4H3/t29-/m0/s1. The minimum atomic E-state index is -3.82. The molecular weight excluding hydrogens is 654 g/mol. The fourth-order valence-corrected chi connectivity index (χ4v) is 9.99. The fraction of sp³-hybridized carbons (Fsp3) is 0.486. The van der Waals surface area contributed by atoms with E-state index in [1.54, 1.807) is 31.1 Å². The topological polar surface area (TPSA) is 84.5 Å². The summed E-state index contributed by atoms with van der Waals surface area (Å²) in [7, 11) is -3.79. The molecule has 12 heteroatoms. The maximum atomic E-state index is 14.2. The summed E-state index contributed by atoms with van der Waals surface area (Å²) in [6.07, 6.45) is 1.95. The third-order valence-corrected chi connectivity index (χ3v) is 13.2. The van der Waals surface area contributed by atoms with Crippen molar-refractivity contribution in [2.24, 2.45) is 5.92 Å². The minimum Gasteiger partial charge on any atom is -0.378 e. The Morgan fingerprint density at radius 1 is 0.766 bits per heavy atom. The fourth-order valence-electron chi connectivity index (χ4n) is 6.45. The van der Waals surface area contributed by atoms with Gasteiger partial charge < -0.3 is 4.90 Å². The molecule has 0 N–H and O–H groups in total. The Balaban J connectivity index is 1.41. The van der Waals surface area contributed by atoms with Crippen LogP contribution in [-0.2, 0) is 39.7 Å². The molecule has 3 aromatic carbocycles. The van der Waals surface area contributed by atoms with E-state index in [-0.39, 0.29) is 23.9 Å². The zero-order chi connectivity index (χ0) is 33.8. The van der Waals surface area contributed by atoms with Gasteiger partial charge in [0.1, 0.15) is 0 Å². The zero-order valence-corrected chi connectivity index (χ0v) is 30.4. The molecule has 0 spiro atoms. The molecule has 256 valence electrons. The van der Waals surface area contributed by atoms with Crippen molar-refractivity contribution in [1.29, 1.82) is 0 Å². The van der Waals surface area contributed by atoms with Crippen molar-refractivity contribution < 1.29 is 16.8 Å². The molecule has 0 radical (unpaired) electrons. The highest BCUT2D eigenvalue weighted by Gasteiger charge is 2.35. The lowest BCUT2D eigenvalue weighted by molar-refractivity contribution is 0.213. The van der Waals surface area contributed by atoms with E-state index in [0.717, 1.165) is 16.8 Å². The van der Waals surface area contributed by atoms with Gasteiger partial charge in [0.2, 0.25) is 10.0 Å². The maximum Gasteiger partial charge on any atom is 0.282 e. The van der Waals surface area contributed by atoms with Crippen LogP contribution in [0.25, 0.3) is 0 Å². The predicted molar refractivity (Wildman–Crippen MR) is 190 cm³/mol. The Bertz CT molecular complexity index is 1720. The van der Waals surface area contributed by atoms with Crippen LogP contribution in [0.5, 0.6) is 0 Å². The molecule has 1 fully saturated rings. The molecule has 47 heavy (non-hydrogen) atoms. The molecule has 5 rings (SSSR count). The first kappa shape index (κ1) is 35.8. The summed E-state index contributed by atoms with van der Waals surface area (Å²) in [4.78, 5) is 4.50. The highest BCUT2D eigenvalue weighted by molar-refractivity contribution is 7.89. The smallest absolute Gasteiger partial charge is 0.282 e. The number of rotatable bonds is 7. The van der Waals surface area contributed by atoms with Gasteiger partial charge >= 0.3 is 0 Å². The van der Waals surface area contributed by atoms with Crippen LogP contribution in [-0.4, -0.2) is 94.6 Å². The Morgan fingerprint density at radius 3 is 2.06 bits per heavy atom. The Hall–Kier alpha value is -2.51. The molecule has 1 saturated heterocycles. The molecule has 0 saturated carbocycles. The molecule has 2 aliphatic rings. The molecule has 0 aromatic heterocycles. The van der Waals surface area contributed by atoms with Crippen LogP contribution in [0.2, 0.25) is 5.02 Å². The van der Waals surface area contributed by atoms with Crippen molar-refractivity contribution in [2.75, 3.05) is 64.8 Å². The van der Waals surface area contributed by atoms with Crippen LogP contribution in [0, 0.1) is 12.8 Å². The Kier molecular flexibility index (Phi) is 11.7. The lowest BCUT2D eigenvalue weighted by Gasteiger charge is -2.36. The van der Waals surface area contributed by atoms with E-state index >= 15 is 0 Å². The van der Waals surface area contributed by atoms with Crippen LogP contribution in [0.4, 0.5) is 5.69 Å². The first-order chi connectivity index (χ1) is 22.3. The van der Waals surface area contributed by atoms with E-state index < -0.39 is 20.2 Å². The van der Waals surface area contributed by atoms with Crippen LogP contribution in [0.1, 0.15) is 42.0 Å². The summed E-state index contributed by atoms with van der Waals surface area (Å²) in [6, 6.07) is 21.0. The number of nitrogens with zero attached hydrogens (tertiary/aromatic N) is 5. The van der Waals surface area contributed by atoms with E-state index in [1.165, 1.54) is 11.1 Å². The Morgan fingerprint density at radius 2 is 1.40 bits per heavy atom. The number of aryl methyl sites for hydroxylation is 1. The predicted octanol–water partition coefficient (Wildman–Crippen LogP) is 5.24. The zero-order valence-electron chi connectivity index (χ0n) is 28.0. The number of benzene rings is 3. The summed E-state index contributed by atoms with van der Waals surface area (Å²) in [5, 5.41) is 0.653. The summed E-state index contributed by atoms with van der Waals surface area (Å²) < 4.78 is 61.3. The maximum absolute atomic E-state index is 14.2. The SMILES string of the molecule is Cc1ccc(CN2CCCN(S(=O)(=O)c3ccc(N(C)C)cc3)C[C@H](C)CN(S(=O)(=O)N3CCc4cc(Cl)ccc4C3)CCC2)cc1. The van der Waals surface area contributed by atoms with Gasteiger partial charge in [-0.1, -0.05) is 54.4 Å². The number of hydrogen-bond acceptors (Lipinski definition) is 6. The third-order valence-electron chi connectivity index (χ3n) is 9.11. The average Bonchev–Trinajstić information content (AvgIpc) is 3.03. The van der Waals surface area contributed by atoms with Gasteiger partial charge in [-0.05, 0) is 98.3 Å². The normalized spacial score (nSPS) is 20.2. The molecule has 0 bridgehead atoms. The first-order valence-corrected chi connectivity index (χ1v) is 19.6. The van der Waals surface area contributed by atoms with Gasteiger partial charge in [0.05, 0.1) is 4.90 Å². The van der Waals surface area contributed by atoms with Crippen LogP contribution in [0.15, 0.2) is 71.6 Å². The first-order valence-electron chi connectivity index (χ1n) is 16.4. The van der Waals surface area contributed by atoms with Gasteiger partial charge in [-0.15, -0.1) is 0 Å². The summed E-state index contributed by atoms with van der Waals surface area (Å²) in [6.45, 7) is 7.97. The molecular formula is C35H48ClN5O4S2. The van der Waals surface area contributed by atoms with Gasteiger partial charge in [-0.2, -0.15) is 21.3 Å². The van der Waals surface area contributed by atoms with Gasteiger partial charge in [-0.25, -0.2) is 8.42 Å². The van der Waals surface area contributed by atoms with Gasteiger partial charge in [0.15, 0.2) is 0 Å². The van der Waals surface area contributed by atoms with Crippen molar-refractivity contribution >= 4 is 37.5 Å². The van der Waals surface area contributed by atoms with Crippen LogP contribution >= 0.6 is 11.6 Å². The molecule has 0 amide bonds. The van der Waals surface area contributed by atoms with Crippen LogP contribution < -0.4 is 4.90 Å². The molecule has 2 heterocycles. The Labute approximate surface area is 286 Å². The van der Waals surface area contributed by atoms with Crippen molar-refractivity contribution in [3.63, 3.8) is 0 Å². The molecule has 9 nitrogen and oxygen atoms in total. The minimum absolute atomic E-state index is 0.223. The van der Waals surface area contributed by atoms with Crippen LogP contribution in [0.3, 0.4) is 0 Å². The summed E-state index contributed by atoms with van der Waals surface area (Å²) in [5.41, 5.74) is 5.34. The van der Waals surface area contributed by atoms with E-state index in [4.69, 9.17) is 11.6 Å². The monoisotopic (exact) mass is 701 g/mol. The van der Waals surface area contributed by atoms with Crippen molar-refractivity contribution in [1.82, 2.24) is 17.8 Å². The van der Waals surface area contributed by atoms with E-state index in [0.29, 0.717) is 70.1 Å². The second-order valence-electron chi connectivity index (χ2n) is 13.2. The molecule has 3 aromatic rings. The number of halogens is 1. The average molecular weight is 702 g/mol. The van der Waals surface area contributed by atoms with Crippen molar-refractivity contribution in [3.8, 4) is 0 Å². The second kappa shape index (κ2) is 15.4. The lowest BCUT2D eigenvalue weighted by Crippen LogP contribution is -2.49. The number of fused-ring (bicyclic) bond motifs is 1. The van der Waals surface area contributed by atoms with Crippen molar-refractivity contribution in [2.45, 2.75) is 51.1 Å². The van der Waals surface area contributed by atoms with E-state index in [2.05, 4.69) is 36.1 Å². The second-order valence-corrected chi connectivity index (χ2v) is 17.5. The van der Waals surface area contributed by atoms with Crippen molar-refractivity contribution in [3.05, 3.63) is 94.0 Å². The number of hydrogen-bond donors (Lipinski definition) is 0. The quantitative estimate of drug-likeness (QED) is 0.335. The van der Waals surface area contributed by atoms with E-state index in [1.807, 2.05) is 50.2 Å². The van der Waals surface area contributed by atoms with E-state index in [9.17, 15) is 16.8 Å². The van der Waals surface area contributed by atoms with Gasteiger partial charge in [0.25, 0.3) is 10.2 Å². The lowest BCUT2D eigenvalue weighted by atomic mass is 10.0. The van der Waals surface area contributed by atoms with Gasteiger partial charge in [0, 0.05) is 70.6 Å². The molecule has 0 aliphatic carbocycles. The number of anilines is 1. The molecule has 1 atom stereocenters. The number of sulfonamides is 1. The largest absolute Gasteiger partial charge is 0.378 e. The van der Waals surface area contributed by atoms with Gasteiger partial charge in [-0.3, -0.25) is 4.90 Å². The summed E-state index contributed by atoms with van der Waals surface area (Å²) in [5.74, 6) is -0.223. The summed E-state index contributed by atoms with van der Waals surface area (Å²) >= 11 is 6.21. The third kappa shape index (κ3) is 8.94.